The number of nitrogens with zero attached hydrogens (tertiary/aromatic N) is 3. The molecule has 2 aromatic carbocycles. The summed E-state index contributed by atoms with van der Waals surface area (Å²) in [6.07, 6.45) is -4.82. The second kappa shape index (κ2) is 9.26. The van der Waals surface area contributed by atoms with E-state index < -0.39 is 35.1 Å². The molecule has 168 valence electrons. The van der Waals surface area contributed by atoms with Gasteiger partial charge in [0.25, 0.3) is 0 Å². The van der Waals surface area contributed by atoms with Crippen molar-refractivity contribution in [1.29, 1.82) is 5.26 Å². The van der Waals surface area contributed by atoms with Crippen molar-refractivity contribution in [3.8, 4) is 6.07 Å². The van der Waals surface area contributed by atoms with E-state index in [-0.39, 0.29) is 37.6 Å². The summed E-state index contributed by atoms with van der Waals surface area (Å²) in [5.74, 6) is -1.34. The monoisotopic (exact) mass is 448 g/mol. The van der Waals surface area contributed by atoms with Gasteiger partial charge in [-0.3, -0.25) is 9.59 Å². The van der Waals surface area contributed by atoms with Gasteiger partial charge in [-0.15, -0.1) is 0 Å². The minimum absolute atomic E-state index is 0.0300. The van der Waals surface area contributed by atoms with Gasteiger partial charge >= 0.3 is 6.18 Å². The smallest absolute Gasteiger partial charge is 0.367 e. The number of anilines is 1. The standard InChI is InChI=1S/C22H20F4N4O2/c1-28-21(32)19-13-29(17-6-5-15(12-27)18(11-17)22(24,25)26)7-8-30(19)20(31)10-14-3-2-4-16(23)9-14/h2-6,9,11,19H,7-8,10,13H2,1H3,(H,28,32). The topological polar surface area (TPSA) is 76.4 Å². The van der Waals surface area contributed by atoms with Crippen LogP contribution in [0.15, 0.2) is 42.5 Å². The molecule has 1 fully saturated rings. The Morgan fingerprint density at radius 3 is 2.56 bits per heavy atom. The van der Waals surface area contributed by atoms with Gasteiger partial charge in [-0.25, -0.2) is 4.39 Å². The van der Waals surface area contributed by atoms with E-state index in [1.165, 1.54) is 42.3 Å². The molecular formula is C22H20F4N4O2. The summed E-state index contributed by atoms with van der Waals surface area (Å²) < 4.78 is 53.4. The van der Waals surface area contributed by atoms with Gasteiger partial charge in [0.15, 0.2) is 0 Å². The van der Waals surface area contributed by atoms with Crippen molar-refractivity contribution < 1.29 is 27.2 Å². The Morgan fingerprint density at radius 1 is 1.19 bits per heavy atom. The van der Waals surface area contributed by atoms with E-state index >= 15 is 0 Å². The maximum absolute atomic E-state index is 13.4. The number of piperazine rings is 1. The molecule has 32 heavy (non-hydrogen) atoms. The number of rotatable bonds is 4. The van der Waals surface area contributed by atoms with E-state index in [0.717, 1.165) is 12.1 Å². The first-order chi connectivity index (χ1) is 15.1. The van der Waals surface area contributed by atoms with Crippen molar-refractivity contribution in [2.24, 2.45) is 0 Å². The zero-order chi connectivity index (χ0) is 23.5. The average molecular weight is 448 g/mol. The van der Waals surface area contributed by atoms with Gasteiger partial charge in [0.1, 0.15) is 11.9 Å². The van der Waals surface area contributed by atoms with E-state index in [0.29, 0.717) is 5.56 Å². The number of benzene rings is 2. The van der Waals surface area contributed by atoms with Crippen LogP contribution in [-0.2, 0) is 22.2 Å². The lowest BCUT2D eigenvalue weighted by Gasteiger charge is -2.41. The molecule has 0 bridgehead atoms. The number of carbonyl (C=O) groups excluding carboxylic acids is 2. The van der Waals surface area contributed by atoms with Crippen LogP contribution in [0, 0.1) is 17.1 Å². The molecule has 1 atom stereocenters. The summed E-state index contributed by atoms with van der Waals surface area (Å²) in [4.78, 5) is 28.2. The summed E-state index contributed by atoms with van der Waals surface area (Å²) >= 11 is 0. The minimum Gasteiger partial charge on any atom is -0.367 e. The fourth-order valence-corrected chi connectivity index (χ4v) is 3.69. The van der Waals surface area contributed by atoms with Gasteiger partial charge in [-0.2, -0.15) is 18.4 Å². The van der Waals surface area contributed by atoms with Crippen molar-refractivity contribution in [1.82, 2.24) is 10.2 Å². The fourth-order valence-electron chi connectivity index (χ4n) is 3.69. The summed E-state index contributed by atoms with van der Waals surface area (Å²) in [6, 6.07) is 9.52. The lowest BCUT2D eigenvalue weighted by Crippen LogP contribution is -2.60. The molecule has 6 nitrogen and oxygen atoms in total. The van der Waals surface area contributed by atoms with Crippen LogP contribution in [0.25, 0.3) is 0 Å². The van der Waals surface area contributed by atoms with Gasteiger partial charge in [0.2, 0.25) is 11.8 Å². The lowest BCUT2D eigenvalue weighted by atomic mass is 10.0. The molecule has 1 N–H and O–H groups in total. The normalized spacial score (nSPS) is 16.4. The van der Waals surface area contributed by atoms with Crippen LogP contribution in [0.1, 0.15) is 16.7 Å². The average Bonchev–Trinajstić information content (AvgIpc) is 2.77. The molecule has 0 aliphatic carbocycles. The zero-order valence-corrected chi connectivity index (χ0v) is 17.1. The lowest BCUT2D eigenvalue weighted by molar-refractivity contribution is -0.140. The van der Waals surface area contributed by atoms with Crippen LogP contribution in [0.5, 0.6) is 0 Å². The summed E-state index contributed by atoms with van der Waals surface area (Å²) in [5.41, 5.74) is -0.899. The van der Waals surface area contributed by atoms with Crippen molar-refractivity contribution in [3.63, 3.8) is 0 Å². The van der Waals surface area contributed by atoms with Crippen LogP contribution in [-0.4, -0.2) is 49.4 Å². The minimum atomic E-state index is -4.70. The molecular weight excluding hydrogens is 428 g/mol. The Balaban J connectivity index is 1.84. The Labute approximate surface area is 182 Å². The number of alkyl halides is 3. The molecule has 1 unspecified atom stereocenters. The Hall–Kier alpha value is -3.61. The molecule has 2 aromatic rings. The second-order valence-electron chi connectivity index (χ2n) is 7.31. The number of hydrogen-bond acceptors (Lipinski definition) is 4. The highest BCUT2D eigenvalue weighted by Crippen LogP contribution is 2.35. The van der Waals surface area contributed by atoms with Crippen molar-refractivity contribution in [2.75, 3.05) is 31.6 Å². The van der Waals surface area contributed by atoms with Crippen molar-refractivity contribution in [2.45, 2.75) is 18.6 Å². The number of likely N-dealkylation sites (N-methyl/N-ethyl adjacent to an activating group) is 1. The fraction of sp³-hybridized carbons (Fsp3) is 0.318. The predicted octanol–water partition coefficient (Wildman–Crippen LogP) is 2.72. The molecule has 0 aromatic heterocycles. The van der Waals surface area contributed by atoms with Gasteiger partial charge in [0.05, 0.1) is 23.6 Å². The quantitative estimate of drug-likeness (QED) is 0.730. The maximum Gasteiger partial charge on any atom is 0.417 e. The molecule has 1 aliphatic rings. The molecule has 3 rings (SSSR count). The van der Waals surface area contributed by atoms with Gasteiger partial charge in [-0.05, 0) is 35.9 Å². The molecule has 0 saturated carbocycles. The number of nitriles is 1. The Morgan fingerprint density at radius 2 is 1.94 bits per heavy atom. The molecule has 0 spiro atoms. The molecule has 10 heteroatoms. The van der Waals surface area contributed by atoms with E-state index in [1.807, 2.05) is 0 Å². The number of halogens is 4. The van der Waals surface area contributed by atoms with Crippen molar-refractivity contribution in [3.05, 3.63) is 65.0 Å². The predicted molar refractivity (Wildman–Crippen MR) is 108 cm³/mol. The number of amides is 2. The highest BCUT2D eigenvalue weighted by molar-refractivity contribution is 5.89. The molecule has 0 radical (unpaired) electrons. The first kappa shape index (κ1) is 23.1. The van der Waals surface area contributed by atoms with E-state index in [2.05, 4.69) is 5.32 Å². The zero-order valence-electron chi connectivity index (χ0n) is 17.1. The second-order valence-corrected chi connectivity index (χ2v) is 7.31. The molecule has 1 heterocycles. The molecule has 1 aliphatic heterocycles. The van der Waals surface area contributed by atoms with Crippen molar-refractivity contribution >= 4 is 17.5 Å². The summed E-state index contributed by atoms with van der Waals surface area (Å²) in [7, 11) is 1.40. The van der Waals surface area contributed by atoms with Gasteiger partial charge in [-0.1, -0.05) is 12.1 Å². The summed E-state index contributed by atoms with van der Waals surface area (Å²) in [5, 5.41) is 11.5. The van der Waals surface area contributed by atoms with E-state index in [4.69, 9.17) is 5.26 Å². The Bertz CT molecular complexity index is 1060. The van der Waals surface area contributed by atoms with Crippen LogP contribution < -0.4 is 10.2 Å². The highest BCUT2D eigenvalue weighted by atomic mass is 19.4. The van der Waals surface area contributed by atoms with Gasteiger partial charge < -0.3 is 15.1 Å². The number of hydrogen-bond donors (Lipinski definition) is 1. The molecule has 2 amide bonds. The third-order valence-corrected chi connectivity index (χ3v) is 5.29. The van der Waals surface area contributed by atoms with Crippen LogP contribution in [0.4, 0.5) is 23.2 Å². The van der Waals surface area contributed by atoms with Gasteiger partial charge in [0, 0.05) is 32.4 Å². The van der Waals surface area contributed by atoms with E-state index in [1.54, 1.807) is 11.0 Å². The number of carbonyl (C=O) groups is 2. The largest absolute Gasteiger partial charge is 0.417 e. The van der Waals surface area contributed by atoms with Crippen LogP contribution in [0.2, 0.25) is 0 Å². The first-order valence-corrected chi connectivity index (χ1v) is 9.76. The van der Waals surface area contributed by atoms with E-state index in [9.17, 15) is 27.2 Å². The summed E-state index contributed by atoms with van der Waals surface area (Å²) in [6.45, 7) is 0.247. The third kappa shape index (κ3) is 4.99. The van der Waals surface area contributed by atoms with Crippen LogP contribution in [0.3, 0.4) is 0 Å². The number of nitrogens with one attached hydrogen (secondary N) is 1. The first-order valence-electron chi connectivity index (χ1n) is 9.76. The highest BCUT2D eigenvalue weighted by Gasteiger charge is 2.37. The molecule has 1 saturated heterocycles. The SMILES string of the molecule is CNC(=O)C1CN(c2ccc(C#N)c(C(F)(F)F)c2)CCN1C(=O)Cc1cccc(F)c1. The maximum atomic E-state index is 13.4. The third-order valence-electron chi connectivity index (χ3n) is 5.29. The van der Waals surface area contributed by atoms with Crippen LogP contribution >= 0.6 is 0 Å². The Kier molecular flexibility index (Phi) is 6.67.